The molecule has 8 heteroatoms. The van der Waals surface area contributed by atoms with Gasteiger partial charge in [-0.2, -0.15) is 17.5 Å². The molecule has 0 spiro atoms. The zero-order chi connectivity index (χ0) is 18.8. The van der Waals surface area contributed by atoms with Crippen LogP contribution in [0.3, 0.4) is 0 Å². The molecule has 4 aromatic heterocycles. The monoisotopic (exact) mass is 436 g/mol. The van der Waals surface area contributed by atoms with Crippen LogP contribution in [0.5, 0.6) is 0 Å². The first-order chi connectivity index (χ1) is 13.7. The molecule has 0 atom stereocenters. The second-order valence-electron chi connectivity index (χ2n) is 6.76. The molecule has 6 rings (SSSR count). The van der Waals surface area contributed by atoms with E-state index in [1.165, 1.54) is 43.7 Å². The van der Waals surface area contributed by atoms with Crippen LogP contribution in [0.1, 0.15) is 10.4 Å². The normalized spacial score (nSPS) is 11.9. The Morgan fingerprint density at radius 3 is 1.82 bits per heavy atom. The molecule has 0 amide bonds. The summed E-state index contributed by atoms with van der Waals surface area (Å²) < 4.78 is 18.6. The molecular formula is C20H12N4S4. The molecule has 2 aromatic carbocycles. The Morgan fingerprint density at radius 2 is 1.29 bits per heavy atom. The highest BCUT2D eigenvalue weighted by molar-refractivity contribution is 7.15. The summed E-state index contributed by atoms with van der Waals surface area (Å²) in [6.45, 7) is 4.25. The van der Waals surface area contributed by atoms with Crippen molar-refractivity contribution in [3.63, 3.8) is 0 Å². The number of thiophene rings is 2. The van der Waals surface area contributed by atoms with Gasteiger partial charge in [-0.25, -0.2) is 0 Å². The Labute approximate surface area is 176 Å². The van der Waals surface area contributed by atoms with E-state index in [9.17, 15) is 0 Å². The van der Waals surface area contributed by atoms with Gasteiger partial charge in [0.15, 0.2) is 0 Å². The smallest absolute Gasteiger partial charge is 0.114 e. The minimum absolute atomic E-state index is 0.952. The van der Waals surface area contributed by atoms with Gasteiger partial charge in [0.1, 0.15) is 22.1 Å². The quantitative estimate of drug-likeness (QED) is 0.295. The maximum atomic E-state index is 4.66. The molecule has 6 aromatic rings. The molecule has 0 aliphatic heterocycles. The largest absolute Gasteiger partial charge is 0.172 e. The van der Waals surface area contributed by atoms with Gasteiger partial charge in [-0.1, -0.05) is 0 Å². The fourth-order valence-corrected chi connectivity index (χ4v) is 6.53. The minimum Gasteiger partial charge on any atom is -0.172 e. The van der Waals surface area contributed by atoms with Crippen LogP contribution in [0.2, 0.25) is 0 Å². The Hall–Kier alpha value is -2.26. The number of fused-ring (bicyclic) bond motifs is 5. The third-order valence-electron chi connectivity index (χ3n) is 4.87. The second-order valence-corrected chi connectivity index (χ2v) is 10.0. The molecular weight excluding hydrogens is 425 g/mol. The Bertz CT molecular complexity index is 1390. The Balaban J connectivity index is 1.77. The fraction of sp³-hybridized carbons (Fsp3) is 0.100. The van der Waals surface area contributed by atoms with Gasteiger partial charge in [-0.3, -0.25) is 0 Å². The summed E-state index contributed by atoms with van der Waals surface area (Å²) in [6, 6.07) is 11.0. The van der Waals surface area contributed by atoms with Crippen molar-refractivity contribution in [2.24, 2.45) is 0 Å². The molecule has 0 aliphatic rings. The first-order valence-corrected chi connectivity index (χ1v) is 11.8. The van der Waals surface area contributed by atoms with Crippen molar-refractivity contribution < 1.29 is 0 Å². The van der Waals surface area contributed by atoms with E-state index in [0.717, 1.165) is 44.0 Å². The van der Waals surface area contributed by atoms with Gasteiger partial charge in [-0.05, 0) is 55.1 Å². The van der Waals surface area contributed by atoms with Crippen molar-refractivity contribution in [3.8, 4) is 20.9 Å². The van der Waals surface area contributed by atoms with Crippen LogP contribution in [-0.2, 0) is 0 Å². The van der Waals surface area contributed by atoms with Crippen molar-refractivity contribution in [1.29, 1.82) is 0 Å². The summed E-state index contributed by atoms with van der Waals surface area (Å²) >= 11 is 6.07. The molecule has 0 radical (unpaired) electrons. The van der Waals surface area contributed by atoms with Crippen molar-refractivity contribution >= 4 is 79.0 Å². The second kappa shape index (κ2) is 6.12. The Kier molecular flexibility index (Phi) is 3.64. The van der Waals surface area contributed by atoms with Crippen LogP contribution >= 0.6 is 46.1 Å². The van der Waals surface area contributed by atoms with Gasteiger partial charge in [0.2, 0.25) is 0 Å². The standard InChI is InChI=1S/C20H12N4S4/c1-9-5-16(25-8-9)14-7-12-11(18-20(14)24-28-22-18)6-13(15-4-3-10(2)26-15)19-17(12)21-27-23-19/h3-8H,1-2H3. The predicted octanol–water partition coefficient (Wildman–Crippen LogP) is 6.92. The predicted molar refractivity (Wildman–Crippen MR) is 122 cm³/mol. The topological polar surface area (TPSA) is 51.6 Å². The molecule has 4 nitrogen and oxygen atoms in total. The fourth-order valence-electron chi connectivity index (χ4n) is 3.58. The lowest BCUT2D eigenvalue weighted by Crippen LogP contribution is -1.86. The van der Waals surface area contributed by atoms with Crippen LogP contribution in [0.25, 0.3) is 53.7 Å². The third kappa shape index (κ3) is 2.39. The summed E-state index contributed by atoms with van der Waals surface area (Å²) in [5.74, 6) is 0. The van der Waals surface area contributed by atoms with Crippen LogP contribution in [-0.4, -0.2) is 17.5 Å². The van der Waals surface area contributed by atoms with Crippen LogP contribution in [0, 0.1) is 13.8 Å². The van der Waals surface area contributed by atoms with Crippen molar-refractivity contribution in [2.75, 3.05) is 0 Å². The zero-order valence-corrected chi connectivity index (χ0v) is 18.2. The van der Waals surface area contributed by atoms with Gasteiger partial charge in [0.05, 0.1) is 23.5 Å². The van der Waals surface area contributed by atoms with Gasteiger partial charge < -0.3 is 0 Å². The lowest BCUT2D eigenvalue weighted by atomic mass is 9.98. The van der Waals surface area contributed by atoms with Crippen LogP contribution in [0.15, 0.2) is 35.7 Å². The first kappa shape index (κ1) is 16.7. The molecule has 4 heterocycles. The van der Waals surface area contributed by atoms with Crippen molar-refractivity contribution in [3.05, 3.63) is 46.2 Å². The lowest BCUT2D eigenvalue weighted by Gasteiger charge is -2.07. The lowest BCUT2D eigenvalue weighted by molar-refractivity contribution is 1.55. The van der Waals surface area contributed by atoms with Crippen LogP contribution in [0.4, 0.5) is 0 Å². The number of nitrogens with zero attached hydrogens (tertiary/aromatic N) is 4. The average molecular weight is 437 g/mol. The summed E-state index contributed by atoms with van der Waals surface area (Å²) in [5, 5.41) is 4.37. The average Bonchev–Trinajstić information content (AvgIpc) is 3.47. The van der Waals surface area contributed by atoms with Gasteiger partial charge >= 0.3 is 0 Å². The number of benzene rings is 2. The highest BCUT2D eigenvalue weighted by Crippen LogP contribution is 2.42. The molecule has 0 saturated heterocycles. The molecule has 136 valence electrons. The number of rotatable bonds is 2. The van der Waals surface area contributed by atoms with Gasteiger partial charge in [0.25, 0.3) is 0 Å². The van der Waals surface area contributed by atoms with Crippen molar-refractivity contribution in [1.82, 2.24) is 17.5 Å². The van der Waals surface area contributed by atoms with E-state index in [4.69, 9.17) is 0 Å². The molecule has 0 fully saturated rings. The SMILES string of the molecule is Cc1csc(-c2cc3c(cc(-c4ccc(C)s4)c4nsnc43)c3nsnc23)c1. The minimum atomic E-state index is 0.952. The summed E-state index contributed by atoms with van der Waals surface area (Å²) in [5.41, 5.74) is 7.36. The highest BCUT2D eigenvalue weighted by atomic mass is 32.1. The number of hydrogen-bond acceptors (Lipinski definition) is 8. The van der Waals surface area contributed by atoms with E-state index in [1.54, 1.807) is 22.7 Å². The molecule has 0 N–H and O–H groups in total. The highest BCUT2D eigenvalue weighted by Gasteiger charge is 2.19. The zero-order valence-electron chi connectivity index (χ0n) is 14.9. The van der Waals surface area contributed by atoms with Crippen molar-refractivity contribution in [2.45, 2.75) is 13.8 Å². The molecule has 0 bridgehead atoms. The Morgan fingerprint density at radius 1 is 0.679 bits per heavy atom. The van der Waals surface area contributed by atoms with E-state index in [-0.39, 0.29) is 0 Å². The summed E-state index contributed by atoms with van der Waals surface area (Å²) in [4.78, 5) is 3.72. The van der Waals surface area contributed by atoms with Gasteiger partial charge in [-0.15, -0.1) is 22.7 Å². The molecule has 0 unspecified atom stereocenters. The third-order valence-corrected chi connectivity index (χ3v) is 8.04. The number of aryl methyl sites for hydroxylation is 2. The van der Waals surface area contributed by atoms with Gasteiger partial charge in [0, 0.05) is 36.5 Å². The molecule has 28 heavy (non-hydrogen) atoms. The number of aromatic nitrogens is 4. The van der Waals surface area contributed by atoms with Crippen LogP contribution < -0.4 is 0 Å². The van der Waals surface area contributed by atoms with E-state index in [0.29, 0.717) is 0 Å². The van der Waals surface area contributed by atoms with E-state index >= 15 is 0 Å². The summed E-state index contributed by atoms with van der Waals surface area (Å²) in [6.07, 6.45) is 0. The first-order valence-electron chi connectivity index (χ1n) is 8.65. The number of hydrogen-bond donors (Lipinski definition) is 0. The maximum Gasteiger partial charge on any atom is 0.114 e. The molecule has 0 aliphatic carbocycles. The van der Waals surface area contributed by atoms with E-state index < -0.39 is 0 Å². The summed E-state index contributed by atoms with van der Waals surface area (Å²) in [7, 11) is 0. The molecule has 0 saturated carbocycles. The maximum absolute atomic E-state index is 4.66. The van der Waals surface area contributed by atoms with E-state index in [2.05, 4.69) is 67.1 Å². The van der Waals surface area contributed by atoms with E-state index in [1.807, 2.05) is 0 Å².